The Morgan fingerprint density at radius 3 is 2.70 bits per heavy atom. The smallest absolute Gasteiger partial charge is 0.136 e. The Kier molecular flexibility index (Phi) is 4.14. The second-order valence-corrected chi connectivity index (χ2v) is 4.63. The first-order valence-corrected chi connectivity index (χ1v) is 6.15. The molecule has 6 heteroatoms. The summed E-state index contributed by atoms with van der Waals surface area (Å²) < 4.78 is 5.43. The fraction of sp³-hybridized carbons (Fsp3) is 0. The average molecular weight is 307 g/mol. The number of hydrogen-bond acceptors (Lipinski definition) is 4. The highest BCUT2D eigenvalue weighted by molar-refractivity contribution is 6.35. The van der Waals surface area contributed by atoms with E-state index in [9.17, 15) is 9.90 Å². The number of halogens is 2. The van der Waals surface area contributed by atoms with Gasteiger partial charge in [0.05, 0.1) is 16.6 Å². The van der Waals surface area contributed by atoms with Gasteiger partial charge in [0.2, 0.25) is 0 Å². The van der Waals surface area contributed by atoms with E-state index in [2.05, 4.69) is 0 Å². The van der Waals surface area contributed by atoms with Crippen LogP contribution in [0.25, 0.3) is 17.4 Å². The van der Waals surface area contributed by atoms with E-state index in [0.29, 0.717) is 21.4 Å². The summed E-state index contributed by atoms with van der Waals surface area (Å²) in [5.74, 6) is -0.942. The van der Waals surface area contributed by atoms with Crippen molar-refractivity contribution in [1.29, 1.82) is 5.26 Å². The molecule has 0 aliphatic heterocycles. The number of aliphatic carboxylic acids is 1. The Morgan fingerprint density at radius 1 is 1.30 bits per heavy atom. The van der Waals surface area contributed by atoms with Gasteiger partial charge in [-0.2, -0.15) is 5.26 Å². The predicted octanol–water partition coefficient (Wildman–Crippen LogP) is 2.91. The number of rotatable bonds is 3. The average Bonchev–Trinajstić information content (AvgIpc) is 2.86. The van der Waals surface area contributed by atoms with Crippen molar-refractivity contribution in [2.75, 3.05) is 0 Å². The summed E-state index contributed by atoms with van der Waals surface area (Å²) in [7, 11) is 0. The standard InChI is InChI=1S/C14H7Cl2NO3/c15-9-1-3-12(16)11(6-9)13-4-2-10(20-13)5-8(7-17)14(18)19/h1-6H,(H,18,19)/p-1. The van der Waals surface area contributed by atoms with E-state index in [1.54, 1.807) is 24.3 Å². The van der Waals surface area contributed by atoms with Crippen LogP contribution >= 0.6 is 23.2 Å². The second kappa shape index (κ2) is 5.83. The maximum absolute atomic E-state index is 10.6. The molecule has 0 amide bonds. The lowest BCUT2D eigenvalue weighted by Crippen LogP contribution is -2.23. The van der Waals surface area contributed by atoms with E-state index < -0.39 is 11.5 Å². The predicted molar refractivity (Wildman–Crippen MR) is 72.8 cm³/mol. The number of furan rings is 1. The van der Waals surface area contributed by atoms with E-state index >= 15 is 0 Å². The molecule has 20 heavy (non-hydrogen) atoms. The zero-order chi connectivity index (χ0) is 14.7. The minimum absolute atomic E-state index is 0.205. The van der Waals surface area contributed by atoms with E-state index in [1.807, 2.05) is 0 Å². The molecule has 1 aromatic carbocycles. The number of nitrogens with zero attached hydrogens (tertiary/aromatic N) is 1. The van der Waals surface area contributed by atoms with Crippen LogP contribution in [0.4, 0.5) is 0 Å². The monoisotopic (exact) mass is 306 g/mol. The largest absolute Gasteiger partial charge is 0.544 e. The van der Waals surface area contributed by atoms with E-state index in [4.69, 9.17) is 32.9 Å². The first kappa shape index (κ1) is 14.2. The molecule has 0 saturated carbocycles. The van der Waals surface area contributed by atoms with Crippen molar-refractivity contribution >= 4 is 35.2 Å². The van der Waals surface area contributed by atoms with Gasteiger partial charge in [-0.15, -0.1) is 0 Å². The summed E-state index contributed by atoms with van der Waals surface area (Å²) in [5, 5.41) is 20.2. The Labute approximate surface area is 124 Å². The minimum atomic E-state index is -1.56. The van der Waals surface area contributed by atoms with Crippen LogP contribution in [-0.2, 0) is 4.79 Å². The molecule has 0 aliphatic rings. The molecule has 0 fully saturated rings. The van der Waals surface area contributed by atoms with Crippen LogP contribution in [0.3, 0.4) is 0 Å². The third kappa shape index (κ3) is 3.02. The van der Waals surface area contributed by atoms with Crippen molar-refractivity contribution in [2.45, 2.75) is 0 Å². The molecule has 1 aromatic heterocycles. The van der Waals surface area contributed by atoms with Crippen LogP contribution in [0.5, 0.6) is 0 Å². The topological polar surface area (TPSA) is 77.1 Å². The number of carbonyl (C=O) groups is 1. The van der Waals surface area contributed by atoms with Gasteiger partial charge in [0.15, 0.2) is 0 Å². The van der Waals surface area contributed by atoms with Crippen LogP contribution < -0.4 is 5.11 Å². The highest BCUT2D eigenvalue weighted by Crippen LogP contribution is 2.32. The number of benzene rings is 1. The summed E-state index contributed by atoms with van der Waals surface area (Å²) in [6, 6.07) is 9.53. The van der Waals surface area contributed by atoms with E-state index in [0.717, 1.165) is 6.08 Å². The number of carboxylic acid groups (broad SMARTS) is 1. The number of carbonyl (C=O) groups excluding carboxylic acids is 1. The Hall–Kier alpha value is -2.22. The molecular formula is C14H6Cl2NO3-. The molecule has 0 radical (unpaired) electrons. The summed E-state index contributed by atoms with van der Waals surface area (Å²) in [5.41, 5.74) is 0.0499. The Balaban J connectivity index is 2.42. The normalized spacial score (nSPS) is 11.2. The molecule has 0 unspecified atom stereocenters. The molecule has 1 heterocycles. The third-order valence-electron chi connectivity index (χ3n) is 2.45. The minimum Gasteiger partial charge on any atom is -0.544 e. The number of carboxylic acids is 1. The number of hydrogen-bond donors (Lipinski definition) is 0. The van der Waals surface area contributed by atoms with Crippen LogP contribution in [-0.4, -0.2) is 5.97 Å². The molecule has 2 rings (SSSR count). The maximum Gasteiger partial charge on any atom is 0.136 e. The molecule has 2 aromatic rings. The van der Waals surface area contributed by atoms with E-state index in [-0.39, 0.29) is 5.76 Å². The molecule has 0 atom stereocenters. The third-order valence-corrected chi connectivity index (χ3v) is 3.01. The molecule has 0 N–H and O–H groups in total. The van der Waals surface area contributed by atoms with Crippen LogP contribution in [0.15, 0.2) is 40.3 Å². The summed E-state index contributed by atoms with van der Waals surface area (Å²) in [4.78, 5) is 10.6. The first-order valence-electron chi connectivity index (χ1n) is 5.39. The molecule has 0 aliphatic carbocycles. The molecule has 100 valence electrons. The van der Waals surface area contributed by atoms with Crippen molar-refractivity contribution in [2.24, 2.45) is 0 Å². The molecular weight excluding hydrogens is 301 g/mol. The molecule has 0 spiro atoms. The van der Waals surface area contributed by atoms with Gasteiger partial charge in [0, 0.05) is 16.7 Å². The van der Waals surface area contributed by atoms with Gasteiger partial charge in [-0.05, 0) is 30.3 Å². The lowest BCUT2D eigenvalue weighted by molar-refractivity contribution is -0.298. The van der Waals surface area contributed by atoms with Crippen molar-refractivity contribution < 1.29 is 14.3 Å². The highest BCUT2D eigenvalue weighted by atomic mass is 35.5. The van der Waals surface area contributed by atoms with Gasteiger partial charge in [-0.25, -0.2) is 0 Å². The van der Waals surface area contributed by atoms with Gasteiger partial charge in [0.1, 0.15) is 17.6 Å². The van der Waals surface area contributed by atoms with Crippen molar-refractivity contribution in [3.8, 4) is 17.4 Å². The summed E-state index contributed by atoms with van der Waals surface area (Å²) in [6.07, 6.45) is 1.08. The van der Waals surface area contributed by atoms with Gasteiger partial charge in [-0.3, -0.25) is 0 Å². The molecule has 0 bridgehead atoms. The number of nitriles is 1. The fourth-order valence-corrected chi connectivity index (χ4v) is 1.92. The van der Waals surface area contributed by atoms with Crippen LogP contribution in [0.1, 0.15) is 5.76 Å². The van der Waals surface area contributed by atoms with Crippen molar-refractivity contribution in [1.82, 2.24) is 0 Å². The Bertz CT molecular complexity index is 741. The first-order chi connectivity index (χ1) is 9.51. The SMILES string of the molecule is N#CC(=Cc1ccc(-c2cc(Cl)ccc2Cl)o1)C(=O)[O-]. The summed E-state index contributed by atoms with van der Waals surface area (Å²) >= 11 is 11.9. The zero-order valence-electron chi connectivity index (χ0n) is 9.89. The van der Waals surface area contributed by atoms with Crippen molar-refractivity contribution in [3.63, 3.8) is 0 Å². The van der Waals surface area contributed by atoms with Crippen LogP contribution in [0.2, 0.25) is 10.0 Å². The summed E-state index contributed by atoms with van der Waals surface area (Å²) in [6.45, 7) is 0. The maximum atomic E-state index is 10.6. The molecule has 4 nitrogen and oxygen atoms in total. The quantitative estimate of drug-likeness (QED) is 0.645. The van der Waals surface area contributed by atoms with Gasteiger partial charge >= 0.3 is 0 Å². The van der Waals surface area contributed by atoms with Gasteiger partial charge in [-0.1, -0.05) is 23.2 Å². The molecule has 0 saturated heterocycles. The fourth-order valence-electron chi connectivity index (χ4n) is 1.54. The van der Waals surface area contributed by atoms with E-state index in [1.165, 1.54) is 12.1 Å². The highest BCUT2D eigenvalue weighted by Gasteiger charge is 2.09. The van der Waals surface area contributed by atoms with Crippen LogP contribution in [0, 0.1) is 11.3 Å². The van der Waals surface area contributed by atoms with Crippen molar-refractivity contribution in [3.05, 3.63) is 51.7 Å². The Morgan fingerprint density at radius 2 is 2.05 bits per heavy atom. The lowest BCUT2D eigenvalue weighted by Gasteiger charge is -2.01. The van der Waals surface area contributed by atoms with Gasteiger partial charge in [0.25, 0.3) is 0 Å². The lowest BCUT2D eigenvalue weighted by atomic mass is 10.2. The van der Waals surface area contributed by atoms with Gasteiger partial charge < -0.3 is 14.3 Å². The second-order valence-electron chi connectivity index (χ2n) is 3.78. The zero-order valence-corrected chi connectivity index (χ0v) is 11.4.